The van der Waals surface area contributed by atoms with Gasteiger partial charge in [-0.1, -0.05) is 20.8 Å². The minimum Gasteiger partial charge on any atom is -0.469 e. The predicted octanol–water partition coefficient (Wildman–Crippen LogP) is 2.75. The van der Waals surface area contributed by atoms with Crippen molar-refractivity contribution in [3.63, 3.8) is 0 Å². The summed E-state index contributed by atoms with van der Waals surface area (Å²) in [5.74, 6) is 0.972. The molecule has 5 nitrogen and oxygen atoms in total. The highest BCUT2D eigenvalue weighted by atomic mass is 16.3. The van der Waals surface area contributed by atoms with Crippen molar-refractivity contribution in [2.24, 2.45) is 5.41 Å². The van der Waals surface area contributed by atoms with Gasteiger partial charge in [-0.3, -0.25) is 0 Å². The molecule has 0 fully saturated rings. The van der Waals surface area contributed by atoms with Crippen molar-refractivity contribution in [2.45, 2.75) is 58.5 Å². The molecule has 1 heterocycles. The second-order valence-electron chi connectivity index (χ2n) is 7.01. The third-order valence-electron chi connectivity index (χ3n) is 3.77. The fourth-order valence-corrected chi connectivity index (χ4v) is 2.92. The van der Waals surface area contributed by atoms with E-state index >= 15 is 0 Å². The molecule has 2 atom stereocenters. The average molecular weight is 294 g/mol. The zero-order chi connectivity index (χ0) is 15.5. The van der Waals surface area contributed by atoms with E-state index in [4.69, 9.17) is 4.42 Å². The van der Waals surface area contributed by atoms with Crippen LogP contribution >= 0.6 is 0 Å². The summed E-state index contributed by atoms with van der Waals surface area (Å²) in [4.78, 5) is 12.1. The number of aliphatic hydroxyl groups excluding tert-OH is 1. The molecular formula is C16H26N2O3. The van der Waals surface area contributed by atoms with Crippen LogP contribution in [0.4, 0.5) is 4.79 Å². The van der Waals surface area contributed by atoms with Gasteiger partial charge >= 0.3 is 6.03 Å². The van der Waals surface area contributed by atoms with Crippen LogP contribution in [-0.2, 0) is 6.42 Å². The Labute approximate surface area is 126 Å². The topological polar surface area (TPSA) is 74.5 Å². The predicted molar refractivity (Wildman–Crippen MR) is 81.0 cm³/mol. The van der Waals surface area contributed by atoms with E-state index < -0.39 is 0 Å². The Morgan fingerprint density at radius 3 is 2.95 bits per heavy atom. The molecule has 2 amide bonds. The first kappa shape index (κ1) is 15.9. The fourth-order valence-electron chi connectivity index (χ4n) is 2.92. The van der Waals surface area contributed by atoms with Crippen molar-refractivity contribution in [1.29, 1.82) is 0 Å². The summed E-state index contributed by atoms with van der Waals surface area (Å²) in [5.41, 5.74) is 1.14. The van der Waals surface area contributed by atoms with Crippen LogP contribution in [0.2, 0.25) is 0 Å². The van der Waals surface area contributed by atoms with E-state index in [1.165, 1.54) is 0 Å². The Kier molecular flexibility index (Phi) is 4.93. The normalized spacial score (nSPS) is 19.7. The first-order valence-electron chi connectivity index (χ1n) is 7.63. The molecule has 1 aromatic heterocycles. The number of carbonyl (C=O) groups is 1. The molecule has 2 rings (SSSR count). The third-order valence-corrected chi connectivity index (χ3v) is 3.77. The largest absolute Gasteiger partial charge is 0.469 e. The van der Waals surface area contributed by atoms with Crippen molar-refractivity contribution in [2.75, 3.05) is 6.61 Å². The number of urea groups is 1. The van der Waals surface area contributed by atoms with Crippen LogP contribution in [0.1, 0.15) is 57.4 Å². The van der Waals surface area contributed by atoms with E-state index in [9.17, 15) is 9.90 Å². The second kappa shape index (κ2) is 6.52. The molecule has 0 spiro atoms. The molecule has 5 heteroatoms. The standard InChI is InChI=1S/C16H26N2O3/c1-16(2,3)9-11(10-19)17-15(20)18-13-5-4-6-14-12(13)7-8-21-14/h7-8,11,13,19H,4-6,9-10H2,1-3H3,(H2,17,18,20). The minimum absolute atomic E-state index is 0.00137. The Morgan fingerprint density at radius 1 is 1.52 bits per heavy atom. The summed E-state index contributed by atoms with van der Waals surface area (Å²) in [6, 6.07) is 1.48. The molecule has 118 valence electrons. The molecule has 21 heavy (non-hydrogen) atoms. The van der Waals surface area contributed by atoms with Gasteiger partial charge in [0.25, 0.3) is 0 Å². The first-order valence-corrected chi connectivity index (χ1v) is 7.63. The first-order chi connectivity index (χ1) is 9.89. The van der Waals surface area contributed by atoms with Crippen LogP contribution in [0.5, 0.6) is 0 Å². The van der Waals surface area contributed by atoms with E-state index in [-0.39, 0.29) is 30.1 Å². The fraction of sp³-hybridized carbons (Fsp3) is 0.688. The number of nitrogens with one attached hydrogen (secondary N) is 2. The van der Waals surface area contributed by atoms with Crippen molar-refractivity contribution in [1.82, 2.24) is 10.6 Å². The summed E-state index contributed by atoms with van der Waals surface area (Å²) >= 11 is 0. The number of rotatable bonds is 4. The number of fused-ring (bicyclic) bond motifs is 1. The maximum atomic E-state index is 12.1. The number of hydrogen-bond acceptors (Lipinski definition) is 3. The maximum absolute atomic E-state index is 12.1. The molecule has 0 bridgehead atoms. The van der Waals surface area contributed by atoms with Gasteiger partial charge in [-0.15, -0.1) is 0 Å². The Hall–Kier alpha value is -1.49. The zero-order valence-electron chi connectivity index (χ0n) is 13.1. The van der Waals surface area contributed by atoms with E-state index in [1.54, 1.807) is 6.26 Å². The molecule has 1 aliphatic rings. The number of hydrogen-bond donors (Lipinski definition) is 3. The van der Waals surface area contributed by atoms with E-state index in [0.29, 0.717) is 0 Å². The summed E-state index contributed by atoms with van der Waals surface area (Å²) in [6.45, 7) is 6.22. The highest BCUT2D eigenvalue weighted by molar-refractivity contribution is 5.74. The Balaban J connectivity index is 1.90. The number of furan rings is 1. The van der Waals surface area contributed by atoms with Crippen molar-refractivity contribution in [3.05, 3.63) is 23.7 Å². The van der Waals surface area contributed by atoms with Crippen LogP contribution in [-0.4, -0.2) is 23.8 Å². The Bertz CT molecular complexity index is 476. The van der Waals surface area contributed by atoms with E-state index in [1.807, 2.05) is 6.07 Å². The molecule has 3 N–H and O–H groups in total. The van der Waals surface area contributed by atoms with Crippen LogP contribution in [0.3, 0.4) is 0 Å². The molecule has 0 saturated carbocycles. The molecule has 0 aromatic carbocycles. The van der Waals surface area contributed by atoms with Crippen LogP contribution in [0.25, 0.3) is 0 Å². The monoisotopic (exact) mass is 294 g/mol. The van der Waals surface area contributed by atoms with Gasteiger partial charge in [0.15, 0.2) is 0 Å². The average Bonchev–Trinajstić information content (AvgIpc) is 2.85. The molecule has 0 aliphatic heterocycles. The summed E-state index contributed by atoms with van der Waals surface area (Å²) in [5, 5.41) is 15.3. The molecule has 0 saturated heterocycles. The van der Waals surface area contributed by atoms with E-state index in [0.717, 1.165) is 37.0 Å². The van der Waals surface area contributed by atoms with Crippen molar-refractivity contribution >= 4 is 6.03 Å². The van der Waals surface area contributed by atoms with Gasteiger partial charge in [0.05, 0.1) is 25.0 Å². The lowest BCUT2D eigenvalue weighted by atomic mass is 9.88. The lowest BCUT2D eigenvalue weighted by Gasteiger charge is -2.27. The van der Waals surface area contributed by atoms with Crippen LogP contribution in [0, 0.1) is 5.41 Å². The van der Waals surface area contributed by atoms with Gasteiger partial charge in [0, 0.05) is 12.0 Å². The lowest BCUT2D eigenvalue weighted by Crippen LogP contribution is -2.46. The summed E-state index contributed by atoms with van der Waals surface area (Å²) < 4.78 is 5.42. The number of aliphatic hydroxyl groups is 1. The summed E-state index contributed by atoms with van der Waals surface area (Å²) in [6.07, 6.45) is 5.28. The van der Waals surface area contributed by atoms with Crippen LogP contribution in [0.15, 0.2) is 16.7 Å². The van der Waals surface area contributed by atoms with Crippen molar-refractivity contribution in [3.8, 4) is 0 Å². The van der Waals surface area contributed by atoms with Gasteiger partial charge in [0.2, 0.25) is 0 Å². The zero-order valence-corrected chi connectivity index (χ0v) is 13.1. The molecule has 1 aliphatic carbocycles. The van der Waals surface area contributed by atoms with Gasteiger partial charge in [0.1, 0.15) is 5.76 Å². The second-order valence-corrected chi connectivity index (χ2v) is 7.01. The minimum atomic E-state index is -0.225. The van der Waals surface area contributed by atoms with E-state index in [2.05, 4.69) is 31.4 Å². The Morgan fingerprint density at radius 2 is 2.29 bits per heavy atom. The number of amides is 2. The van der Waals surface area contributed by atoms with Gasteiger partial charge in [-0.2, -0.15) is 0 Å². The molecular weight excluding hydrogens is 268 g/mol. The maximum Gasteiger partial charge on any atom is 0.315 e. The van der Waals surface area contributed by atoms with Crippen LogP contribution < -0.4 is 10.6 Å². The molecule has 1 aromatic rings. The third kappa shape index (κ3) is 4.49. The smallest absolute Gasteiger partial charge is 0.315 e. The van der Waals surface area contributed by atoms with Crippen molar-refractivity contribution < 1.29 is 14.3 Å². The number of aryl methyl sites for hydroxylation is 1. The van der Waals surface area contributed by atoms with Gasteiger partial charge < -0.3 is 20.2 Å². The molecule has 0 radical (unpaired) electrons. The quantitative estimate of drug-likeness (QED) is 0.799. The molecule has 2 unspecified atom stereocenters. The lowest BCUT2D eigenvalue weighted by molar-refractivity contribution is 0.188. The highest BCUT2D eigenvalue weighted by Crippen LogP contribution is 2.30. The van der Waals surface area contributed by atoms with Gasteiger partial charge in [-0.25, -0.2) is 4.79 Å². The highest BCUT2D eigenvalue weighted by Gasteiger charge is 2.25. The number of carbonyl (C=O) groups excluding carboxylic acids is 1. The SMILES string of the molecule is CC(C)(C)CC(CO)NC(=O)NC1CCCc2occc21. The summed E-state index contributed by atoms with van der Waals surface area (Å²) in [7, 11) is 0. The van der Waals surface area contributed by atoms with Gasteiger partial charge in [-0.05, 0) is 30.7 Å².